The third kappa shape index (κ3) is 2.02. The summed E-state index contributed by atoms with van der Waals surface area (Å²) >= 11 is 6.02. The normalized spacial score (nSPS) is 26.4. The van der Waals surface area contributed by atoms with Crippen LogP contribution in [-0.4, -0.2) is 18.5 Å². The van der Waals surface area contributed by atoms with Crippen LogP contribution in [-0.2, 0) is 11.2 Å². The van der Waals surface area contributed by atoms with Crippen LogP contribution >= 0.6 is 11.6 Å². The molecule has 1 fully saturated rings. The molecule has 96 valence electrons. The van der Waals surface area contributed by atoms with E-state index in [2.05, 4.69) is 0 Å². The number of nitrogens with zero attached hydrogens (tertiary/aromatic N) is 1. The summed E-state index contributed by atoms with van der Waals surface area (Å²) in [5, 5.41) is 0.691. The maximum atomic E-state index is 12.5. The standard InChI is InChI=1S/C14H17ClN2O/c15-11-3-1-9-5-6-17(13(9)8-11)14(18)10-2-4-12(16)7-10/h1,3,8,10,12H,2,4-7,16H2/t10-,12-/m0/s1. The van der Waals surface area contributed by atoms with Crippen LogP contribution in [0.3, 0.4) is 0 Å². The maximum Gasteiger partial charge on any atom is 0.230 e. The minimum atomic E-state index is 0.102. The van der Waals surface area contributed by atoms with Crippen molar-refractivity contribution < 1.29 is 4.79 Å². The average Bonchev–Trinajstić information content (AvgIpc) is 2.94. The third-order valence-electron chi connectivity index (χ3n) is 4.03. The number of carbonyl (C=O) groups excluding carboxylic acids is 1. The van der Waals surface area contributed by atoms with Gasteiger partial charge in [-0.3, -0.25) is 4.79 Å². The lowest BCUT2D eigenvalue weighted by atomic mass is 10.1. The quantitative estimate of drug-likeness (QED) is 0.846. The topological polar surface area (TPSA) is 46.3 Å². The van der Waals surface area contributed by atoms with Crippen molar-refractivity contribution in [3.63, 3.8) is 0 Å². The summed E-state index contributed by atoms with van der Waals surface area (Å²) in [6, 6.07) is 6.00. The first-order valence-electron chi connectivity index (χ1n) is 6.50. The highest BCUT2D eigenvalue weighted by molar-refractivity contribution is 6.31. The van der Waals surface area contributed by atoms with Gasteiger partial charge in [0, 0.05) is 29.2 Å². The van der Waals surface area contributed by atoms with Crippen molar-refractivity contribution in [2.75, 3.05) is 11.4 Å². The van der Waals surface area contributed by atoms with Gasteiger partial charge in [-0.15, -0.1) is 0 Å². The van der Waals surface area contributed by atoms with E-state index >= 15 is 0 Å². The number of fused-ring (bicyclic) bond motifs is 1. The van der Waals surface area contributed by atoms with Crippen LogP contribution < -0.4 is 10.6 Å². The van der Waals surface area contributed by atoms with Gasteiger partial charge in [0.15, 0.2) is 0 Å². The molecule has 0 aromatic heterocycles. The molecule has 4 heteroatoms. The van der Waals surface area contributed by atoms with Crippen molar-refractivity contribution in [2.24, 2.45) is 11.7 Å². The Morgan fingerprint density at radius 2 is 2.22 bits per heavy atom. The van der Waals surface area contributed by atoms with Gasteiger partial charge in [0.2, 0.25) is 5.91 Å². The molecule has 2 N–H and O–H groups in total. The van der Waals surface area contributed by atoms with E-state index in [1.807, 2.05) is 23.1 Å². The number of nitrogens with two attached hydrogens (primary N) is 1. The molecule has 0 bridgehead atoms. The molecular formula is C14H17ClN2O. The van der Waals surface area contributed by atoms with Crippen LogP contribution in [0.5, 0.6) is 0 Å². The molecule has 3 nitrogen and oxygen atoms in total. The zero-order valence-electron chi connectivity index (χ0n) is 10.2. The Hall–Kier alpha value is -1.06. The molecular weight excluding hydrogens is 248 g/mol. The average molecular weight is 265 g/mol. The van der Waals surface area contributed by atoms with Crippen LogP contribution in [0.25, 0.3) is 0 Å². The Bertz CT molecular complexity index is 489. The number of benzene rings is 1. The van der Waals surface area contributed by atoms with Crippen LogP contribution in [0.15, 0.2) is 18.2 Å². The predicted octanol–water partition coefficient (Wildman–Crippen LogP) is 2.36. The van der Waals surface area contributed by atoms with Gasteiger partial charge < -0.3 is 10.6 Å². The molecule has 2 aliphatic rings. The molecule has 0 radical (unpaired) electrons. The van der Waals surface area contributed by atoms with Gasteiger partial charge in [0.05, 0.1) is 0 Å². The van der Waals surface area contributed by atoms with Gasteiger partial charge in [-0.25, -0.2) is 0 Å². The van der Waals surface area contributed by atoms with Gasteiger partial charge in [0.1, 0.15) is 0 Å². The van der Waals surface area contributed by atoms with Gasteiger partial charge in [-0.2, -0.15) is 0 Å². The number of anilines is 1. The van der Waals surface area contributed by atoms with E-state index in [1.54, 1.807) is 0 Å². The molecule has 1 aliphatic carbocycles. The third-order valence-corrected chi connectivity index (χ3v) is 4.27. The van der Waals surface area contributed by atoms with Gasteiger partial charge in [-0.05, 0) is 43.4 Å². The van der Waals surface area contributed by atoms with Crippen molar-refractivity contribution in [3.05, 3.63) is 28.8 Å². The number of amides is 1. The van der Waals surface area contributed by atoms with Crippen molar-refractivity contribution in [3.8, 4) is 0 Å². The predicted molar refractivity (Wildman–Crippen MR) is 72.8 cm³/mol. The summed E-state index contributed by atoms with van der Waals surface area (Å²) in [7, 11) is 0. The number of carbonyl (C=O) groups is 1. The van der Waals surface area contributed by atoms with Crippen molar-refractivity contribution in [2.45, 2.75) is 31.7 Å². The van der Waals surface area contributed by atoms with E-state index < -0.39 is 0 Å². The molecule has 1 heterocycles. The SMILES string of the molecule is N[C@H]1CC[C@H](C(=O)N2CCc3ccc(Cl)cc32)C1. The zero-order chi connectivity index (χ0) is 12.7. The highest BCUT2D eigenvalue weighted by atomic mass is 35.5. The molecule has 2 atom stereocenters. The summed E-state index contributed by atoms with van der Waals surface area (Å²) < 4.78 is 0. The van der Waals surface area contributed by atoms with E-state index in [-0.39, 0.29) is 17.9 Å². The van der Waals surface area contributed by atoms with E-state index in [9.17, 15) is 4.79 Å². The number of hydrogen-bond acceptors (Lipinski definition) is 2. The highest BCUT2D eigenvalue weighted by Gasteiger charge is 2.34. The first-order valence-corrected chi connectivity index (χ1v) is 6.88. The molecule has 3 rings (SSSR count). The van der Waals surface area contributed by atoms with Crippen LogP contribution in [0.2, 0.25) is 5.02 Å². The van der Waals surface area contributed by atoms with E-state index in [0.717, 1.165) is 37.9 Å². The Morgan fingerprint density at radius 3 is 2.94 bits per heavy atom. The lowest BCUT2D eigenvalue weighted by Gasteiger charge is -2.21. The Kier molecular flexibility index (Phi) is 3.04. The first-order chi connectivity index (χ1) is 8.65. The van der Waals surface area contributed by atoms with Crippen LogP contribution in [0, 0.1) is 5.92 Å². The zero-order valence-corrected chi connectivity index (χ0v) is 11.0. The Balaban J connectivity index is 1.83. The largest absolute Gasteiger partial charge is 0.328 e. The molecule has 0 spiro atoms. The first kappa shape index (κ1) is 12.0. The van der Waals surface area contributed by atoms with Crippen LogP contribution in [0.1, 0.15) is 24.8 Å². The molecule has 1 aliphatic heterocycles. The molecule has 1 aromatic rings. The van der Waals surface area contributed by atoms with Crippen LogP contribution in [0.4, 0.5) is 5.69 Å². The van der Waals surface area contributed by atoms with E-state index in [0.29, 0.717) is 5.02 Å². The lowest BCUT2D eigenvalue weighted by Crippen LogP contribution is -2.34. The smallest absolute Gasteiger partial charge is 0.230 e. The van der Waals surface area contributed by atoms with Crippen molar-refractivity contribution in [1.29, 1.82) is 0 Å². The summed E-state index contributed by atoms with van der Waals surface area (Å²) in [6.07, 6.45) is 3.64. The fourth-order valence-electron chi connectivity index (χ4n) is 3.04. The molecule has 1 aromatic carbocycles. The Morgan fingerprint density at radius 1 is 1.39 bits per heavy atom. The Labute approximate surface area is 112 Å². The van der Waals surface area contributed by atoms with Crippen molar-refractivity contribution in [1.82, 2.24) is 0 Å². The van der Waals surface area contributed by atoms with E-state index in [4.69, 9.17) is 17.3 Å². The number of rotatable bonds is 1. The number of halogens is 1. The molecule has 1 saturated carbocycles. The minimum Gasteiger partial charge on any atom is -0.328 e. The molecule has 0 unspecified atom stereocenters. The van der Waals surface area contributed by atoms with Gasteiger partial charge in [0.25, 0.3) is 0 Å². The second-order valence-corrected chi connectivity index (χ2v) is 5.72. The minimum absolute atomic E-state index is 0.102. The van der Waals surface area contributed by atoms with E-state index in [1.165, 1.54) is 5.56 Å². The lowest BCUT2D eigenvalue weighted by molar-refractivity contribution is -0.122. The molecule has 18 heavy (non-hydrogen) atoms. The molecule has 0 saturated heterocycles. The second-order valence-electron chi connectivity index (χ2n) is 5.28. The van der Waals surface area contributed by atoms with Crippen molar-refractivity contribution >= 4 is 23.2 Å². The fraction of sp³-hybridized carbons (Fsp3) is 0.500. The summed E-state index contributed by atoms with van der Waals surface area (Å²) in [4.78, 5) is 14.4. The second kappa shape index (κ2) is 4.56. The van der Waals surface area contributed by atoms with Gasteiger partial charge in [-0.1, -0.05) is 17.7 Å². The monoisotopic (exact) mass is 264 g/mol. The summed E-state index contributed by atoms with van der Waals surface area (Å²) in [5.41, 5.74) is 8.10. The number of hydrogen-bond donors (Lipinski definition) is 1. The highest BCUT2D eigenvalue weighted by Crippen LogP contribution is 2.34. The summed E-state index contributed by atoms with van der Waals surface area (Å²) in [5.74, 6) is 0.328. The maximum absolute atomic E-state index is 12.5. The summed E-state index contributed by atoms with van der Waals surface area (Å²) in [6.45, 7) is 0.778. The molecule has 1 amide bonds. The fourth-order valence-corrected chi connectivity index (χ4v) is 3.21. The van der Waals surface area contributed by atoms with Gasteiger partial charge >= 0.3 is 0 Å².